The Morgan fingerprint density at radius 2 is 2.09 bits per heavy atom. The molecule has 0 saturated carbocycles. The zero-order chi connectivity index (χ0) is 7.68. The first-order chi connectivity index (χ1) is 5.36. The van der Waals surface area contributed by atoms with E-state index in [4.69, 9.17) is 0 Å². The van der Waals surface area contributed by atoms with E-state index in [1.807, 2.05) is 0 Å². The van der Waals surface area contributed by atoms with Crippen molar-refractivity contribution in [2.24, 2.45) is 0 Å². The maximum absolute atomic E-state index is 3.24. The molecule has 1 aliphatic carbocycles. The van der Waals surface area contributed by atoms with Gasteiger partial charge in [-0.25, -0.2) is 0 Å². The molecule has 1 nitrogen and oxygen atoms in total. The third-order valence-electron chi connectivity index (χ3n) is 2.07. The van der Waals surface area contributed by atoms with Gasteiger partial charge in [0.2, 0.25) is 0 Å². The predicted molar refractivity (Wildman–Crippen MR) is 46.8 cm³/mol. The average molecular weight is 145 g/mol. The molecule has 1 heteroatoms. The van der Waals surface area contributed by atoms with E-state index in [1.165, 1.54) is 16.8 Å². The molecule has 0 radical (unpaired) electrons. The summed E-state index contributed by atoms with van der Waals surface area (Å²) in [5.41, 5.74) is 4.02. The predicted octanol–water partition coefficient (Wildman–Crippen LogP) is 2.26. The Kier molecular flexibility index (Phi) is 1.42. The molecule has 2 bridgehead atoms. The van der Waals surface area contributed by atoms with Crippen molar-refractivity contribution in [2.75, 3.05) is 0 Å². The Labute approximate surface area is 66.8 Å². The topological polar surface area (TPSA) is 12.0 Å². The van der Waals surface area contributed by atoms with Gasteiger partial charge in [-0.3, -0.25) is 0 Å². The molecule has 0 amide bonds. The minimum absolute atomic E-state index is 1.08. The molecular weight excluding hydrogens is 134 g/mol. The summed E-state index contributed by atoms with van der Waals surface area (Å²) >= 11 is 0. The molecule has 0 aromatic rings. The summed E-state index contributed by atoms with van der Waals surface area (Å²) < 4.78 is 0. The summed E-state index contributed by atoms with van der Waals surface area (Å²) in [5, 5.41) is 3.24. The van der Waals surface area contributed by atoms with E-state index in [1.54, 1.807) is 0 Å². The van der Waals surface area contributed by atoms with E-state index >= 15 is 0 Å². The van der Waals surface area contributed by atoms with Crippen LogP contribution in [0.1, 0.15) is 13.3 Å². The van der Waals surface area contributed by atoms with Gasteiger partial charge in [-0.05, 0) is 18.1 Å². The van der Waals surface area contributed by atoms with Crippen LogP contribution in [0.5, 0.6) is 0 Å². The van der Waals surface area contributed by atoms with Gasteiger partial charge in [0.25, 0.3) is 0 Å². The Morgan fingerprint density at radius 3 is 3.00 bits per heavy atom. The van der Waals surface area contributed by atoms with Crippen molar-refractivity contribution in [3.63, 3.8) is 0 Å². The molecule has 0 aromatic heterocycles. The average Bonchev–Trinajstić information content (AvgIpc) is 2.21. The van der Waals surface area contributed by atoms with Crippen LogP contribution in [0.4, 0.5) is 0 Å². The van der Waals surface area contributed by atoms with Crippen LogP contribution >= 0.6 is 0 Å². The van der Waals surface area contributed by atoms with Gasteiger partial charge < -0.3 is 5.32 Å². The van der Waals surface area contributed by atoms with E-state index in [0.29, 0.717) is 0 Å². The molecule has 56 valence electrons. The highest BCUT2D eigenvalue weighted by Crippen LogP contribution is 2.22. The van der Waals surface area contributed by atoms with Crippen LogP contribution in [0.3, 0.4) is 0 Å². The molecule has 2 aliphatic rings. The molecule has 1 heterocycles. The van der Waals surface area contributed by atoms with Gasteiger partial charge in [-0.15, -0.1) is 0 Å². The Hall–Kier alpha value is -1.24. The Morgan fingerprint density at radius 1 is 1.27 bits per heavy atom. The van der Waals surface area contributed by atoms with Gasteiger partial charge >= 0.3 is 0 Å². The fraction of sp³-hybridized carbons (Fsp3) is 0.200. The number of hydrogen-bond acceptors (Lipinski definition) is 1. The molecule has 11 heavy (non-hydrogen) atoms. The zero-order valence-corrected chi connectivity index (χ0v) is 6.59. The van der Waals surface area contributed by atoms with Gasteiger partial charge in [0.15, 0.2) is 0 Å². The molecule has 0 atom stereocenters. The monoisotopic (exact) mass is 145 g/mol. The second-order valence-electron chi connectivity index (χ2n) is 2.91. The van der Waals surface area contributed by atoms with Crippen LogP contribution in [0.25, 0.3) is 0 Å². The van der Waals surface area contributed by atoms with Gasteiger partial charge in [0, 0.05) is 18.3 Å². The summed E-state index contributed by atoms with van der Waals surface area (Å²) in [6.07, 6.45) is 11.6. The molecule has 0 aromatic carbocycles. The SMILES string of the molecule is CC1=C2C=CC=CC(=CN1)C2. The second kappa shape index (κ2) is 2.42. The van der Waals surface area contributed by atoms with E-state index in [-0.39, 0.29) is 0 Å². The highest BCUT2D eigenvalue weighted by molar-refractivity contribution is 5.42. The van der Waals surface area contributed by atoms with Crippen molar-refractivity contribution in [3.05, 3.63) is 47.3 Å². The van der Waals surface area contributed by atoms with Crippen molar-refractivity contribution >= 4 is 0 Å². The summed E-state index contributed by atoms with van der Waals surface area (Å²) in [7, 11) is 0. The fourth-order valence-corrected chi connectivity index (χ4v) is 1.34. The lowest BCUT2D eigenvalue weighted by Gasteiger charge is -2.14. The van der Waals surface area contributed by atoms with Crippen molar-refractivity contribution in [1.29, 1.82) is 0 Å². The van der Waals surface area contributed by atoms with Crippen LogP contribution in [0.2, 0.25) is 0 Å². The summed E-state index contributed by atoms with van der Waals surface area (Å²) in [6.45, 7) is 2.11. The molecule has 0 spiro atoms. The lowest BCUT2D eigenvalue weighted by atomic mass is 10.0. The third kappa shape index (κ3) is 1.14. The van der Waals surface area contributed by atoms with E-state index in [2.05, 4.69) is 42.7 Å². The second-order valence-corrected chi connectivity index (χ2v) is 2.91. The van der Waals surface area contributed by atoms with Crippen LogP contribution < -0.4 is 5.32 Å². The molecule has 1 N–H and O–H groups in total. The van der Waals surface area contributed by atoms with E-state index in [9.17, 15) is 0 Å². The zero-order valence-electron chi connectivity index (χ0n) is 6.59. The Bertz CT molecular complexity index is 290. The highest BCUT2D eigenvalue weighted by Gasteiger charge is 2.07. The van der Waals surface area contributed by atoms with Crippen LogP contribution in [0.15, 0.2) is 47.3 Å². The number of fused-ring (bicyclic) bond motifs is 2. The van der Waals surface area contributed by atoms with E-state index in [0.717, 1.165) is 6.42 Å². The lowest BCUT2D eigenvalue weighted by molar-refractivity contribution is 0.945. The summed E-state index contributed by atoms with van der Waals surface area (Å²) in [4.78, 5) is 0. The minimum atomic E-state index is 1.08. The standard InChI is InChI=1S/C10H11N/c1-8-10-5-3-2-4-9(6-10)7-11-8/h2-5,7,11H,6H2,1H3. The number of allylic oxidation sites excluding steroid dienone is 7. The molecule has 2 rings (SSSR count). The number of rotatable bonds is 0. The third-order valence-corrected chi connectivity index (χ3v) is 2.07. The van der Waals surface area contributed by atoms with Crippen LogP contribution in [0, 0.1) is 0 Å². The molecule has 1 aliphatic heterocycles. The highest BCUT2D eigenvalue weighted by atomic mass is 14.9. The summed E-state index contributed by atoms with van der Waals surface area (Å²) in [6, 6.07) is 0. The smallest absolute Gasteiger partial charge is 0.0151 e. The number of dihydropyridines is 1. The van der Waals surface area contributed by atoms with Gasteiger partial charge in [0.05, 0.1) is 0 Å². The fourth-order valence-electron chi connectivity index (χ4n) is 1.34. The number of hydrogen-bond donors (Lipinski definition) is 1. The van der Waals surface area contributed by atoms with Crippen molar-refractivity contribution in [1.82, 2.24) is 5.32 Å². The van der Waals surface area contributed by atoms with Gasteiger partial charge in [-0.2, -0.15) is 0 Å². The molecule has 0 unspecified atom stereocenters. The maximum atomic E-state index is 3.24. The maximum Gasteiger partial charge on any atom is 0.0151 e. The number of nitrogens with one attached hydrogen (secondary N) is 1. The lowest BCUT2D eigenvalue weighted by Crippen LogP contribution is -2.10. The molecular formula is C10H11N. The first-order valence-corrected chi connectivity index (χ1v) is 3.86. The van der Waals surface area contributed by atoms with E-state index < -0.39 is 0 Å². The van der Waals surface area contributed by atoms with Crippen molar-refractivity contribution in [3.8, 4) is 0 Å². The van der Waals surface area contributed by atoms with Crippen LogP contribution in [-0.4, -0.2) is 0 Å². The Balaban J connectivity index is 2.42. The van der Waals surface area contributed by atoms with Crippen LogP contribution in [-0.2, 0) is 0 Å². The van der Waals surface area contributed by atoms with Crippen molar-refractivity contribution in [2.45, 2.75) is 13.3 Å². The van der Waals surface area contributed by atoms with Gasteiger partial charge in [0.1, 0.15) is 0 Å². The summed E-state index contributed by atoms with van der Waals surface area (Å²) in [5.74, 6) is 0. The first kappa shape index (κ1) is 6.47. The quantitative estimate of drug-likeness (QED) is 0.551. The molecule has 0 saturated heterocycles. The largest absolute Gasteiger partial charge is 0.365 e. The van der Waals surface area contributed by atoms with Crippen molar-refractivity contribution < 1.29 is 0 Å². The minimum Gasteiger partial charge on any atom is -0.365 e. The molecule has 0 fully saturated rings. The van der Waals surface area contributed by atoms with Gasteiger partial charge in [-0.1, -0.05) is 24.3 Å². The normalized spacial score (nSPS) is 21.0. The first-order valence-electron chi connectivity index (χ1n) is 3.86.